The molecule has 0 aromatic carbocycles. The first-order valence-electron chi connectivity index (χ1n) is 5.76. The van der Waals surface area contributed by atoms with Gasteiger partial charge in [-0.3, -0.25) is 0 Å². The van der Waals surface area contributed by atoms with Gasteiger partial charge in [0.1, 0.15) is 0 Å². The van der Waals surface area contributed by atoms with E-state index in [1.54, 1.807) is 6.92 Å². The third-order valence-corrected chi connectivity index (χ3v) is 2.91. The van der Waals surface area contributed by atoms with E-state index in [0.717, 1.165) is 19.5 Å². The van der Waals surface area contributed by atoms with E-state index in [9.17, 15) is 0 Å². The molecular formula is C10H14N6O. The van der Waals surface area contributed by atoms with Crippen LogP contribution in [0.25, 0.3) is 11.5 Å². The summed E-state index contributed by atoms with van der Waals surface area (Å²) < 4.78 is 6.81. The Morgan fingerprint density at radius 2 is 2.47 bits per heavy atom. The van der Waals surface area contributed by atoms with Gasteiger partial charge in [0.2, 0.25) is 11.7 Å². The second-order valence-electron chi connectivity index (χ2n) is 4.22. The maximum atomic E-state index is 4.92. The lowest BCUT2D eigenvalue weighted by molar-refractivity contribution is 0.341. The molecule has 0 radical (unpaired) electrons. The van der Waals surface area contributed by atoms with E-state index in [0.29, 0.717) is 23.5 Å². The standard InChI is InChI=1S/C10H14N6O/c1-7-12-10(14-17-7)9-6-16(15-13-9)8-3-2-4-11-5-8/h6,8,11H,2-5H2,1H3. The maximum absolute atomic E-state index is 4.92. The Labute approximate surface area is 98.2 Å². The van der Waals surface area contributed by atoms with Gasteiger partial charge in [-0.2, -0.15) is 4.98 Å². The molecule has 1 aliphatic rings. The van der Waals surface area contributed by atoms with Gasteiger partial charge in [0.05, 0.1) is 12.2 Å². The smallest absolute Gasteiger partial charge is 0.224 e. The van der Waals surface area contributed by atoms with Crippen LogP contribution in [0.5, 0.6) is 0 Å². The molecule has 90 valence electrons. The topological polar surface area (TPSA) is 81.7 Å². The van der Waals surface area contributed by atoms with Crippen molar-refractivity contribution < 1.29 is 4.52 Å². The molecule has 3 heterocycles. The Morgan fingerprint density at radius 1 is 1.53 bits per heavy atom. The zero-order valence-electron chi connectivity index (χ0n) is 9.63. The van der Waals surface area contributed by atoms with Crippen LogP contribution < -0.4 is 5.32 Å². The monoisotopic (exact) mass is 234 g/mol. The SMILES string of the molecule is Cc1nc(-c2cn(C3CCCNC3)nn2)no1. The van der Waals surface area contributed by atoms with Crippen LogP contribution in [0.4, 0.5) is 0 Å². The van der Waals surface area contributed by atoms with Gasteiger partial charge in [-0.25, -0.2) is 4.68 Å². The van der Waals surface area contributed by atoms with Gasteiger partial charge >= 0.3 is 0 Å². The molecule has 17 heavy (non-hydrogen) atoms. The summed E-state index contributed by atoms with van der Waals surface area (Å²) in [6.07, 6.45) is 4.17. The zero-order chi connectivity index (χ0) is 11.7. The van der Waals surface area contributed by atoms with E-state index in [1.807, 2.05) is 10.9 Å². The number of rotatable bonds is 2. The van der Waals surface area contributed by atoms with Crippen LogP contribution >= 0.6 is 0 Å². The van der Waals surface area contributed by atoms with E-state index >= 15 is 0 Å². The lowest BCUT2D eigenvalue weighted by atomic mass is 10.1. The first kappa shape index (κ1) is 10.4. The highest BCUT2D eigenvalue weighted by Crippen LogP contribution is 2.18. The quantitative estimate of drug-likeness (QED) is 0.817. The first-order chi connectivity index (χ1) is 8.33. The van der Waals surface area contributed by atoms with Gasteiger partial charge in [-0.15, -0.1) is 5.10 Å². The number of aryl methyl sites for hydroxylation is 1. The van der Waals surface area contributed by atoms with Gasteiger partial charge < -0.3 is 9.84 Å². The summed E-state index contributed by atoms with van der Waals surface area (Å²) >= 11 is 0. The van der Waals surface area contributed by atoms with Crippen molar-refractivity contribution in [2.45, 2.75) is 25.8 Å². The number of piperidine rings is 1. The van der Waals surface area contributed by atoms with Crippen molar-refractivity contribution in [1.82, 2.24) is 30.5 Å². The number of hydrogen-bond acceptors (Lipinski definition) is 6. The number of hydrogen-bond donors (Lipinski definition) is 1. The molecule has 3 rings (SSSR count). The van der Waals surface area contributed by atoms with Crippen molar-refractivity contribution in [3.8, 4) is 11.5 Å². The van der Waals surface area contributed by atoms with Gasteiger partial charge in [0.25, 0.3) is 0 Å². The molecular weight excluding hydrogens is 220 g/mol. The molecule has 0 saturated carbocycles. The van der Waals surface area contributed by atoms with Crippen LogP contribution in [-0.4, -0.2) is 38.2 Å². The molecule has 7 nitrogen and oxygen atoms in total. The Hall–Kier alpha value is -1.76. The predicted octanol–water partition coefficient (Wildman–Crippen LogP) is 0.561. The molecule has 2 aromatic rings. The Morgan fingerprint density at radius 3 is 3.18 bits per heavy atom. The highest BCUT2D eigenvalue weighted by atomic mass is 16.5. The number of aromatic nitrogens is 5. The Kier molecular flexibility index (Phi) is 2.60. The fourth-order valence-electron chi connectivity index (χ4n) is 2.02. The van der Waals surface area contributed by atoms with Crippen molar-refractivity contribution >= 4 is 0 Å². The van der Waals surface area contributed by atoms with Crippen molar-refractivity contribution in [1.29, 1.82) is 0 Å². The Balaban J connectivity index is 1.82. The van der Waals surface area contributed by atoms with Crippen LogP contribution in [0.1, 0.15) is 24.8 Å². The summed E-state index contributed by atoms with van der Waals surface area (Å²) in [7, 11) is 0. The number of nitrogens with one attached hydrogen (secondary N) is 1. The van der Waals surface area contributed by atoms with Crippen LogP contribution in [0.2, 0.25) is 0 Å². The molecule has 7 heteroatoms. The normalized spacial score (nSPS) is 20.6. The molecule has 1 saturated heterocycles. The molecule has 1 aliphatic heterocycles. The third-order valence-electron chi connectivity index (χ3n) is 2.91. The average Bonchev–Trinajstić information content (AvgIpc) is 2.98. The minimum atomic E-state index is 0.373. The molecule has 2 aromatic heterocycles. The maximum Gasteiger partial charge on any atom is 0.224 e. The average molecular weight is 234 g/mol. The van der Waals surface area contributed by atoms with Crippen molar-refractivity contribution in [3.63, 3.8) is 0 Å². The largest absolute Gasteiger partial charge is 0.339 e. The summed E-state index contributed by atoms with van der Waals surface area (Å²) in [5.74, 6) is 1.03. The molecule has 1 fully saturated rings. The second-order valence-corrected chi connectivity index (χ2v) is 4.22. The molecule has 1 N–H and O–H groups in total. The molecule has 1 atom stereocenters. The summed E-state index contributed by atoms with van der Waals surface area (Å²) in [6.45, 7) is 3.78. The highest BCUT2D eigenvalue weighted by Gasteiger charge is 2.18. The lowest BCUT2D eigenvalue weighted by Crippen LogP contribution is -2.31. The molecule has 0 amide bonds. The van der Waals surface area contributed by atoms with Crippen molar-refractivity contribution in [2.24, 2.45) is 0 Å². The fraction of sp³-hybridized carbons (Fsp3) is 0.600. The zero-order valence-corrected chi connectivity index (χ0v) is 9.63. The Bertz CT molecular complexity index is 498. The summed E-state index contributed by atoms with van der Waals surface area (Å²) in [6, 6.07) is 0.373. The van der Waals surface area contributed by atoms with Gasteiger partial charge in [-0.1, -0.05) is 10.4 Å². The van der Waals surface area contributed by atoms with Gasteiger partial charge in [0, 0.05) is 13.5 Å². The van der Waals surface area contributed by atoms with Crippen molar-refractivity contribution in [3.05, 3.63) is 12.1 Å². The second kappa shape index (κ2) is 4.25. The van der Waals surface area contributed by atoms with E-state index in [2.05, 4.69) is 25.8 Å². The van der Waals surface area contributed by atoms with Crippen LogP contribution in [0, 0.1) is 6.92 Å². The van der Waals surface area contributed by atoms with E-state index in [4.69, 9.17) is 4.52 Å². The highest BCUT2D eigenvalue weighted by molar-refractivity contribution is 5.45. The molecule has 0 bridgehead atoms. The molecule has 0 spiro atoms. The van der Waals surface area contributed by atoms with Crippen LogP contribution in [0.15, 0.2) is 10.7 Å². The first-order valence-corrected chi connectivity index (χ1v) is 5.76. The fourth-order valence-corrected chi connectivity index (χ4v) is 2.02. The van der Waals surface area contributed by atoms with E-state index in [1.165, 1.54) is 6.42 Å². The third kappa shape index (κ3) is 2.05. The minimum absolute atomic E-state index is 0.373. The minimum Gasteiger partial charge on any atom is -0.339 e. The van der Waals surface area contributed by atoms with Crippen LogP contribution in [-0.2, 0) is 0 Å². The van der Waals surface area contributed by atoms with Crippen molar-refractivity contribution in [2.75, 3.05) is 13.1 Å². The van der Waals surface area contributed by atoms with Gasteiger partial charge in [0.15, 0.2) is 5.69 Å². The van der Waals surface area contributed by atoms with Crippen LogP contribution in [0.3, 0.4) is 0 Å². The van der Waals surface area contributed by atoms with E-state index in [-0.39, 0.29) is 0 Å². The van der Waals surface area contributed by atoms with Gasteiger partial charge in [-0.05, 0) is 19.4 Å². The summed E-state index contributed by atoms with van der Waals surface area (Å²) in [4.78, 5) is 4.13. The predicted molar refractivity (Wildman–Crippen MR) is 59.2 cm³/mol. The van der Waals surface area contributed by atoms with E-state index < -0.39 is 0 Å². The summed E-state index contributed by atoms with van der Waals surface area (Å²) in [5.41, 5.74) is 0.660. The molecule has 1 unspecified atom stereocenters. The lowest BCUT2D eigenvalue weighted by Gasteiger charge is -2.22. The summed E-state index contributed by atoms with van der Waals surface area (Å²) in [5, 5.41) is 15.4. The number of nitrogens with zero attached hydrogens (tertiary/aromatic N) is 5. The molecule has 0 aliphatic carbocycles.